The first-order valence-electron chi connectivity index (χ1n) is 6.99. The van der Waals surface area contributed by atoms with Gasteiger partial charge in [0, 0.05) is 5.56 Å². The van der Waals surface area contributed by atoms with E-state index < -0.39 is 29.6 Å². The predicted octanol–water partition coefficient (Wildman–Crippen LogP) is 4.71. The van der Waals surface area contributed by atoms with E-state index in [-0.39, 0.29) is 10.6 Å². The third-order valence-corrected chi connectivity index (χ3v) is 3.54. The van der Waals surface area contributed by atoms with Crippen LogP contribution in [0.5, 0.6) is 0 Å². The number of aliphatic imine (C=N–C) groups is 1. The van der Waals surface area contributed by atoms with Crippen LogP contribution in [0.4, 0.5) is 32.0 Å². The standard InChI is InChI=1S/C16H10F6N2O/c17-15(18,19)14(16(20,21)22)23-13(11-7-3-1-4-8-11)25-24(14)12-9-5-2-6-10-12/h1-10H. The molecule has 1 aliphatic rings. The highest BCUT2D eigenvalue weighted by Crippen LogP contribution is 2.52. The van der Waals surface area contributed by atoms with Crippen LogP contribution in [0.25, 0.3) is 0 Å². The normalized spacial score (nSPS) is 17.2. The van der Waals surface area contributed by atoms with Crippen LogP contribution in [0.1, 0.15) is 5.56 Å². The van der Waals surface area contributed by atoms with Gasteiger partial charge in [0.2, 0.25) is 0 Å². The van der Waals surface area contributed by atoms with Crippen molar-refractivity contribution in [2.75, 3.05) is 5.06 Å². The number of alkyl halides is 6. The van der Waals surface area contributed by atoms with Gasteiger partial charge in [-0.25, -0.2) is 0 Å². The lowest BCUT2D eigenvalue weighted by Crippen LogP contribution is -2.64. The summed E-state index contributed by atoms with van der Waals surface area (Å²) >= 11 is 0. The Hall–Kier alpha value is -2.71. The van der Waals surface area contributed by atoms with Crippen molar-refractivity contribution < 1.29 is 31.2 Å². The SMILES string of the molecule is FC(F)(F)C1(C(F)(F)F)N=C(c2ccccc2)ON1c1ccccc1. The van der Waals surface area contributed by atoms with Gasteiger partial charge in [0.25, 0.3) is 5.90 Å². The second-order valence-electron chi connectivity index (χ2n) is 5.17. The molecule has 0 amide bonds. The molecule has 0 N–H and O–H groups in total. The summed E-state index contributed by atoms with van der Waals surface area (Å²) in [6.45, 7) is 0. The molecule has 3 rings (SSSR count). The summed E-state index contributed by atoms with van der Waals surface area (Å²) in [7, 11) is 0. The van der Waals surface area contributed by atoms with Crippen LogP contribution >= 0.6 is 0 Å². The van der Waals surface area contributed by atoms with E-state index >= 15 is 0 Å². The third-order valence-electron chi connectivity index (χ3n) is 3.54. The van der Waals surface area contributed by atoms with Gasteiger partial charge < -0.3 is 4.84 Å². The minimum atomic E-state index is -5.77. The fourth-order valence-corrected chi connectivity index (χ4v) is 2.38. The Bertz CT molecular complexity index is 757. The van der Waals surface area contributed by atoms with Crippen molar-refractivity contribution in [3.05, 3.63) is 66.2 Å². The summed E-state index contributed by atoms with van der Waals surface area (Å²) in [5, 5.41) is -0.241. The molecule has 0 spiro atoms. The molecule has 132 valence electrons. The average Bonchev–Trinajstić information content (AvgIpc) is 2.98. The zero-order chi connectivity index (χ0) is 18.3. The molecule has 25 heavy (non-hydrogen) atoms. The topological polar surface area (TPSA) is 24.8 Å². The Morgan fingerprint density at radius 2 is 1.24 bits per heavy atom. The Morgan fingerprint density at radius 1 is 0.760 bits per heavy atom. The van der Waals surface area contributed by atoms with Crippen LogP contribution in [-0.2, 0) is 4.84 Å². The van der Waals surface area contributed by atoms with Crippen LogP contribution in [0.3, 0.4) is 0 Å². The fourth-order valence-electron chi connectivity index (χ4n) is 2.38. The number of hydrogen-bond acceptors (Lipinski definition) is 3. The van der Waals surface area contributed by atoms with Crippen LogP contribution in [0.2, 0.25) is 0 Å². The molecular weight excluding hydrogens is 350 g/mol. The van der Waals surface area contributed by atoms with E-state index in [1.807, 2.05) is 0 Å². The lowest BCUT2D eigenvalue weighted by molar-refractivity contribution is -0.301. The molecule has 2 aromatic carbocycles. The van der Waals surface area contributed by atoms with Crippen molar-refractivity contribution in [1.82, 2.24) is 0 Å². The first-order chi connectivity index (χ1) is 11.7. The van der Waals surface area contributed by atoms with Gasteiger partial charge >= 0.3 is 18.0 Å². The summed E-state index contributed by atoms with van der Waals surface area (Å²) in [5.41, 5.74) is -4.96. The van der Waals surface area contributed by atoms with E-state index in [9.17, 15) is 26.3 Å². The maximum Gasteiger partial charge on any atom is 0.445 e. The van der Waals surface area contributed by atoms with Crippen molar-refractivity contribution in [2.45, 2.75) is 18.0 Å². The van der Waals surface area contributed by atoms with E-state index in [4.69, 9.17) is 4.84 Å². The van der Waals surface area contributed by atoms with Crippen LogP contribution < -0.4 is 5.06 Å². The van der Waals surface area contributed by atoms with Gasteiger partial charge in [-0.15, -0.1) is 0 Å². The maximum absolute atomic E-state index is 13.6. The molecule has 0 unspecified atom stereocenters. The van der Waals surface area contributed by atoms with Gasteiger partial charge in [-0.3, -0.25) is 0 Å². The molecule has 0 saturated carbocycles. The van der Waals surface area contributed by atoms with Gasteiger partial charge in [-0.1, -0.05) is 36.4 Å². The van der Waals surface area contributed by atoms with Gasteiger partial charge in [-0.05, 0) is 24.3 Å². The summed E-state index contributed by atoms with van der Waals surface area (Å²) in [4.78, 5) is 7.91. The largest absolute Gasteiger partial charge is 0.445 e. The highest BCUT2D eigenvalue weighted by atomic mass is 19.4. The van der Waals surface area contributed by atoms with Gasteiger partial charge in [-0.2, -0.15) is 36.4 Å². The number of hydroxylamine groups is 1. The number of anilines is 1. The van der Waals surface area contributed by atoms with Gasteiger partial charge in [0.1, 0.15) is 0 Å². The Labute approximate surface area is 138 Å². The number of benzene rings is 2. The lowest BCUT2D eigenvalue weighted by atomic mass is 10.1. The van der Waals surface area contributed by atoms with E-state index in [1.54, 1.807) is 6.07 Å². The number of rotatable bonds is 2. The number of hydrogen-bond donors (Lipinski definition) is 0. The lowest BCUT2D eigenvalue weighted by Gasteiger charge is -2.37. The Morgan fingerprint density at radius 3 is 1.72 bits per heavy atom. The molecule has 2 aromatic rings. The molecule has 9 heteroatoms. The summed E-state index contributed by atoms with van der Waals surface area (Å²) in [6, 6.07) is 13.3. The predicted molar refractivity (Wildman–Crippen MR) is 77.8 cm³/mol. The Kier molecular flexibility index (Phi) is 3.89. The summed E-state index contributed by atoms with van der Waals surface area (Å²) in [5.74, 6) is -0.765. The summed E-state index contributed by atoms with van der Waals surface area (Å²) in [6.07, 6.45) is -11.5. The number of nitrogens with zero attached hydrogens (tertiary/aromatic N) is 2. The molecular formula is C16H10F6N2O. The monoisotopic (exact) mass is 360 g/mol. The molecule has 0 aromatic heterocycles. The second kappa shape index (κ2) is 5.68. The minimum Gasteiger partial charge on any atom is -0.356 e. The fraction of sp³-hybridized carbons (Fsp3) is 0.188. The van der Waals surface area contributed by atoms with Crippen molar-refractivity contribution in [1.29, 1.82) is 0 Å². The minimum absolute atomic E-state index is 0.00111. The van der Waals surface area contributed by atoms with Crippen molar-refractivity contribution >= 4 is 11.6 Å². The smallest absolute Gasteiger partial charge is 0.356 e. The average molecular weight is 360 g/mol. The molecule has 0 aliphatic carbocycles. The van der Waals surface area contributed by atoms with Crippen LogP contribution in [-0.4, -0.2) is 23.9 Å². The van der Waals surface area contributed by atoms with E-state index in [0.29, 0.717) is 0 Å². The first-order valence-corrected chi connectivity index (χ1v) is 6.99. The third kappa shape index (κ3) is 2.69. The van der Waals surface area contributed by atoms with E-state index in [1.165, 1.54) is 42.5 Å². The molecule has 0 radical (unpaired) electrons. The van der Waals surface area contributed by atoms with Crippen molar-refractivity contribution in [3.63, 3.8) is 0 Å². The zero-order valence-corrected chi connectivity index (χ0v) is 12.3. The Balaban J connectivity index is 2.22. The molecule has 3 nitrogen and oxygen atoms in total. The van der Waals surface area contributed by atoms with Gasteiger partial charge in [0.05, 0.1) is 5.69 Å². The second-order valence-corrected chi connectivity index (χ2v) is 5.17. The molecule has 0 atom stereocenters. The van der Waals surface area contributed by atoms with Crippen molar-refractivity contribution in [2.24, 2.45) is 4.99 Å². The molecule has 0 bridgehead atoms. The quantitative estimate of drug-likeness (QED) is 0.725. The zero-order valence-electron chi connectivity index (χ0n) is 12.3. The molecule has 1 aliphatic heterocycles. The highest BCUT2D eigenvalue weighted by Gasteiger charge is 2.79. The van der Waals surface area contributed by atoms with E-state index in [2.05, 4.69) is 4.99 Å². The van der Waals surface area contributed by atoms with E-state index in [0.717, 1.165) is 12.1 Å². The maximum atomic E-state index is 13.6. The van der Waals surface area contributed by atoms with Crippen LogP contribution in [0, 0.1) is 0 Å². The molecule has 1 heterocycles. The number of halogens is 6. The highest BCUT2D eigenvalue weighted by molar-refractivity contribution is 5.96. The molecule has 0 saturated heterocycles. The van der Waals surface area contributed by atoms with Crippen molar-refractivity contribution in [3.8, 4) is 0 Å². The number of para-hydroxylation sites is 1. The van der Waals surface area contributed by atoms with Gasteiger partial charge in [0.15, 0.2) is 0 Å². The summed E-state index contributed by atoms with van der Waals surface area (Å²) < 4.78 is 81.5. The molecule has 0 fully saturated rings. The first kappa shape index (κ1) is 17.1. The van der Waals surface area contributed by atoms with Crippen LogP contribution in [0.15, 0.2) is 65.7 Å².